The molecule has 0 spiro atoms. The Labute approximate surface area is 154 Å². The molecule has 2 aromatic rings. The van der Waals surface area contributed by atoms with Crippen LogP contribution in [0, 0.1) is 0 Å². The second-order valence-corrected chi connectivity index (χ2v) is 7.07. The van der Waals surface area contributed by atoms with Crippen LogP contribution in [-0.2, 0) is 9.63 Å². The van der Waals surface area contributed by atoms with E-state index >= 15 is 0 Å². The van der Waals surface area contributed by atoms with Crippen molar-refractivity contribution in [1.82, 2.24) is 15.2 Å². The molecule has 1 aliphatic rings. The summed E-state index contributed by atoms with van der Waals surface area (Å²) in [5.74, 6) is 0. The third-order valence-electron chi connectivity index (χ3n) is 3.87. The van der Waals surface area contributed by atoms with Gasteiger partial charge in [0.25, 0.3) is 0 Å². The van der Waals surface area contributed by atoms with Crippen molar-refractivity contribution in [2.24, 2.45) is 0 Å². The van der Waals surface area contributed by atoms with E-state index < -0.39 is 0 Å². The van der Waals surface area contributed by atoms with Gasteiger partial charge >= 0.3 is 6.47 Å². The number of halogens is 2. The van der Waals surface area contributed by atoms with E-state index in [1.54, 1.807) is 23.6 Å². The van der Waals surface area contributed by atoms with Crippen molar-refractivity contribution in [3.63, 3.8) is 0 Å². The smallest absolute Gasteiger partial charge is 0.322 e. The molecule has 1 aliphatic heterocycles. The van der Waals surface area contributed by atoms with Crippen LogP contribution in [0.15, 0.2) is 41.5 Å². The molecular formula is C16H15Cl2N3O2S. The Morgan fingerprint density at radius 1 is 1.38 bits per heavy atom. The van der Waals surface area contributed by atoms with Gasteiger partial charge in [0.05, 0.1) is 21.8 Å². The van der Waals surface area contributed by atoms with Gasteiger partial charge in [0.15, 0.2) is 0 Å². The highest BCUT2D eigenvalue weighted by Gasteiger charge is 2.38. The number of hydrogen-bond acceptors (Lipinski definition) is 6. The lowest BCUT2D eigenvalue weighted by atomic mass is 10.1. The highest BCUT2D eigenvalue weighted by molar-refractivity contribution is 7.09. The lowest BCUT2D eigenvalue weighted by Gasteiger charge is -2.36. The molecular weight excluding hydrogens is 369 g/mol. The van der Waals surface area contributed by atoms with E-state index in [-0.39, 0.29) is 12.1 Å². The van der Waals surface area contributed by atoms with Crippen molar-refractivity contribution in [2.45, 2.75) is 25.9 Å². The fourth-order valence-corrected chi connectivity index (χ4v) is 3.74. The first-order valence-corrected chi connectivity index (χ1v) is 8.88. The molecule has 2 atom stereocenters. The Balaban J connectivity index is 1.99. The molecule has 0 saturated heterocycles. The third kappa shape index (κ3) is 3.15. The number of aromatic nitrogens is 1. The van der Waals surface area contributed by atoms with Gasteiger partial charge in [0.1, 0.15) is 11.0 Å². The van der Waals surface area contributed by atoms with Gasteiger partial charge in [-0.05, 0) is 37.6 Å². The minimum Gasteiger partial charge on any atom is -0.329 e. The van der Waals surface area contributed by atoms with Crippen molar-refractivity contribution in [3.8, 4) is 0 Å². The summed E-state index contributed by atoms with van der Waals surface area (Å²) < 4.78 is 0. The van der Waals surface area contributed by atoms with Gasteiger partial charge in [0.2, 0.25) is 0 Å². The maximum Gasteiger partial charge on any atom is 0.322 e. The number of hydrazine groups is 1. The number of nitrogens with zero attached hydrogens (tertiary/aromatic N) is 3. The second-order valence-electron chi connectivity index (χ2n) is 5.33. The van der Waals surface area contributed by atoms with Gasteiger partial charge in [-0.25, -0.2) is 4.98 Å². The summed E-state index contributed by atoms with van der Waals surface area (Å²) in [6.07, 6.45) is 3.77. The summed E-state index contributed by atoms with van der Waals surface area (Å²) in [7, 11) is 0. The third-order valence-corrected chi connectivity index (χ3v) is 5.45. The average Bonchev–Trinajstić information content (AvgIpc) is 3.19. The number of allylic oxidation sites excluding steroid dienone is 1. The Morgan fingerprint density at radius 2 is 2.17 bits per heavy atom. The van der Waals surface area contributed by atoms with Gasteiger partial charge in [-0.15, -0.1) is 16.5 Å². The molecule has 3 rings (SSSR count). The van der Waals surface area contributed by atoms with Crippen molar-refractivity contribution in [1.29, 1.82) is 0 Å². The molecule has 0 radical (unpaired) electrons. The molecule has 2 unspecified atom stereocenters. The van der Waals surface area contributed by atoms with Gasteiger partial charge < -0.3 is 4.84 Å². The average molecular weight is 384 g/mol. The molecule has 126 valence electrons. The summed E-state index contributed by atoms with van der Waals surface area (Å²) >= 11 is 13.7. The molecule has 0 amide bonds. The summed E-state index contributed by atoms with van der Waals surface area (Å²) in [6, 6.07) is 5.23. The molecule has 0 aliphatic carbocycles. The first-order valence-electron chi connectivity index (χ1n) is 7.24. The highest BCUT2D eigenvalue weighted by atomic mass is 35.5. The molecule has 1 aromatic heterocycles. The molecule has 2 heterocycles. The van der Waals surface area contributed by atoms with Crippen molar-refractivity contribution in [3.05, 3.63) is 62.2 Å². The molecule has 24 heavy (non-hydrogen) atoms. The second kappa shape index (κ2) is 7.11. The fraction of sp³-hybridized carbons (Fsp3) is 0.250. The van der Waals surface area contributed by atoms with Crippen LogP contribution in [0.3, 0.4) is 0 Å². The summed E-state index contributed by atoms with van der Waals surface area (Å²) in [5.41, 5.74) is 1.77. The van der Waals surface area contributed by atoms with E-state index in [9.17, 15) is 4.79 Å². The van der Waals surface area contributed by atoms with Crippen molar-refractivity contribution >= 4 is 41.0 Å². The van der Waals surface area contributed by atoms with Crippen LogP contribution in [0.25, 0.3) is 0 Å². The van der Waals surface area contributed by atoms with Gasteiger partial charge in [-0.3, -0.25) is 4.79 Å². The SMILES string of the molecule is CC1=CC(c2nccs2)N(C(C)c2ccc(Cl)c(Cl)c2)N1OC=O. The molecule has 8 heteroatoms. The zero-order valence-electron chi connectivity index (χ0n) is 13.0. The van der Waals surface area contributed by atoms with Crippen LogP contribution in [0.5, 0.6) is 0 Å². The zero-order valence-corrected chi connectivity index (χ0v) is 15.3. The molecule has 0 saturated carbocycles. The van der Waals surface area contributed by atoms with Crippen LogP contribution in [0.2, 0.25) is 10.0 Å². The molecule has 0 fully saturated rings. The topological polar surface area (TPSA) is 45.7 Å². The number of carbonyl (C=O) groups is 1. The predicted octanol–water partition coefficient (Wildman–Crippen LogP) is 4.78. The van der Waals surface area contributed by atoms with E-state index in [2.05, 4.69) is 4.98 Å². The van der Waals surface area contributed by atoms with Crippen LogP contribution >= 0.6 is 34.5 Å². The lowest BCUT2D eigenvalue weighted by Crippen LogP contribution is -2.40. The first kappa shape index (κ1) is 17.2. The Bertz CT molecular complexity index is 767. The number of hydrogen-bond donors (Lipinski definition) is 0. The first-order chi connectivity index (χ1) is 11.5. The van der Waals surface area contributed by atoms with Gasteiger partial charge in [-0.2, -0.15) is 5.01 Å². The standard InChI is InChI=1S/C16H15Cl2N3O2S/c1-10-7-15(16-19-5-6-24-16)20(21(10)23-9-22)11(2)12-3-4-13(17)14(18)8-12/h3-9,11,15H,1-2H3. The number of thiazole rings is 1. The summed E-state index contributed by atoms with van der Waals surface area (Å²) in [5, 5.41) is 7.26. The van der Waals surface area contributed by atoms with E-state index in [1.807, 2.05) is 42.4 Å². The lowest BCUT2D eigenvalue weighted by molar-refractivity contribution is -0.247. The molecule has 5 nitrogen and oxygen atoms in total. The minimum atomic E-state index is -0.130. The maximum atomic E-state index is 10.9. The Hall–Kier alpha value is -1.60. The zero-order chi connectivity index (χ0) is 17.3. The number of carbonyl (C=O) groups excluding carboxylic acids is 1. The Morgan fingerprint density at radius 3 is 2.79 bits per heavy atom. The number of benzene rings is 1. The van der Waals surface area contributed by atoms with E-state index in [4.69, 9.17) is 28.0 Å². The molecule has 0 bridgehead atoms. The summed E-state index contributed by atoms with van der Waals surface area (Å²) in [6.45, 7) is 4.30. The molecule has 0 N–H and O–H groups in total. The van der Waals surface area contributed by atoms with Crippen LogP contribution < -0.4 is 0 Å². The van der Waals surface area contributed by atoms with Crippen molar-refractivity contribution < 1.29 is 9.63 Å². The quantitative estimate of drug-likeness (QED) is 0.695. The van der Waals surface area contributed by atoms with Crippen LogP contribution in [0.1, 0.15) is 36.5 Å². The highest BCUT2D eigenvalue weighted by Crippen LogP contribution is 2.41. The number of rotatable bonds is 5. The number of hydroxylamine groups is 1. The summed E-state index contributed by atoms with van der Waals surface area (Å²) in [4.78, 5) is 20.5. The normalized spacial score (nSPS) is 19.2. The monoisotopic (exact) mass is 383 g/mol. The van der Waals surface area contributed by atoms with E-state index in [1.165, 1.54) is 5.17 Å². The van der Waals surface area contributed by atoms with Crippen LogP contribution in [-0.4, -0.2) is 21.6 Å². The minimum absolute atomic E-state index is 0.123. The largest absolute Gasteiger partial charge is 0.329 e. The van der Waals surface area contributed by atoms with Crippen LogP contribution in [0.4, 0.5) is 0 Å². The molecule has 1 aromatic carbocycles. The fourth-order valence-electron chi connectivity index (χ4n) is 2.73. The van der Waals surface area contributed by atoms with Gasteiger partial charge in [0, 0.05) is 11.6 Å². The van der Waals surface area contributed by atoms with Gasteiger partial charge in [-0.1, -0.05) is 29.3 Å². The van der Waals surface area contributed by atoms with E-state index in [0.717, 1.165) is 16.3 Å². The maximum absolute atomic E-state index is 10.9. The van der Waals surface area contributed by atoms with Crippen molar-refractivity contribution in [2.75, 3.05) is 0 Å². The van der Waals surface area contributed by atoms with E-state index in [0.29, 0.717) is 16.5 Å². The predicted molar refractivity (Wildman–Crippen MR) is 94.3 cm³/mol. The Kier molecular flexibility index (Phi) is 5.10.